The fraction of sp³-hybridized carbons (Fsp3) is 0.789. The molecular weight excluding hydrogens is 376 g/mol. The van der Waals surface area contributed by atoms with Gasteiger partial charge in [-0.1, -0.05) is 38.5 Å². The molecule has 0 spiro atoms. The van der Waals surface area contributed by atoms with Crippen LogP contribution in [0.2, 0.25) is 0 Å². The van der Waals surface area contributed by atoms with Gasteiger partial charge in [0.25, 0.3) is 0 Å². The number of urea groups is 1. The molecule has 0 atom stereocenters. The smallest absolute Gasteiger partial charge is 0.315 e. The molecule has 0 saturated heterocycles. The minimum Gasteiger partial charge on any atom is -0.355 e. The summed E-state index contributed by atoms with van der Waals surface area (Å²) in [5.74, 6) is 1.89. The number of amides is 3. The molecule has 1 aromatic rings. The lowest BCUT2D eigenvalue weighted by Crippen LogP contribution is -2.43. The minimum atomic E-state index is -0.270. The number of nitrogens with one attached hydrogen (secondary N) is 3. The molecule has 0 unspecified atom stereocenters. The second kappa shape index (κ2) is 11.9. The number of carbonyl (C=O) groups excluding carboxylic acids is 2. The Morgan fingerprint density at radius 3 is 2.61 bits per heavy atom. The Morgan fingerprint density at radius 2 is 1.93 bits per heavy atom. The first-order valence-electron chi connectivity index (χ1n) is 10.2. The predicted octanol–water partition coefficient (Wildman–Crippen LogP) is 2.19. The van der Waals surface area contributed by atoms with Crippen LogP contribution in [0.15, 0.2) is 5.16 Å². The van der Waals surface area contributed by atoms with Crippen molar-refractivity contribution in [1.82, 2.24) is 30.7 Å². The van der Waals surface area contributed by atoms with Gasteiger partial charge in [0.2, 0.25) is 5.91 Å². The van der Waals surface area contributed by atoms with Gasteiger partial charge in [-0.3, -0.25) is 4.79 Å². The summed E-state index contributed by atoms with van der Waals surface area (Å²) in [4.78, 5) is 23.6. The van der Waals surface area contributed by atoms with Crippen LogP contribution >= 0.6 is 11.8 Å². The monoisotopic (exact) mass is 410 g/mol. The lowest BCUT2D eigenvalue weighted by atomic mass is 10.1. The van der Waals surface area contributed by atoms with Gasteiger partial charge in [-0.2, -0.15) is 0 Å². The van der Waals surface area contributed by atoms with Gasteiger partial charge in [0.15, 0.2) is 5.16 Å². The van der Waals surface area contributed by atoms with Crippen LogP contribution < -0.4 is 16.0 Å². The number of thioether (sulfide) groups is 1. The number of aryl methyl sites for hydroxylation is 1. The standard InChI is InChI=1S/C19H34N6O2S/c1-14(2)13-25-16(23-24-19(25)28-3)9-6-10-20-17(26)12-22-18(27)21-11-15-7-4-5-8-15/h14-15H,4-13H2,1-3H3,(H,20,26)(H2,21,22,27). The molecule has 0 aliphatic heterocycles. The third-order valence-corrected chi connectivity index (χ3v) is 5.53. The van der Waals surface area contributed by atoms with Crippen LogP contribution in [0.4, 0.5) is 4.79 Å². The Hall–Kier alpha value is -1.77. The summed E-state index contributed by atoms with van der Waals surface area (Å²) in [5.41, 5.74) is 0. The van der Waals surface area contributed by atoms with Crippen molar-refractivity contribution < 1.29 is 9.59 Å². The van der Waals surface area contributed by atoms with E-state index in [4.69, 9.17) is 0 Å². The molecule has 158 valence electrons. The van der Waals surface area contributed by atoms with Gasteiger partial charge >= 0.3 is 6.03 Å². The highest BCUT2D eigenvalue weighted by Crippen LogP contribution is 2.23. The molecule has 3 N–H and O–H groups in total. The second-order valence-corrected chi connectivity index (χ2v) is 8.55. The molecule has 1 aromatic heterocycles. The number of hydrogen-bond donors (Lipinski definition) is 3. The fourth-order valence-electron chi connectivity index (χ4n) is 3.41. The molecule has 1 aliphatic carbocycles. The Labute approximate surface area is 172 Å². The number of aromatic nitrogens is 3. The minimum absolute atomic E-state index is 0.00332. The van der Waals surface area contributed by atoms with E-state index in [9.17, 15) is 9.59 Å². The van der Waals surface area contributed by atoms with Gasteiger partial charge in [0.1, 0.15) is 5.82 Å². The SMILES string of the molecule is CSc1nnc(CCCNC(=O)CNC(=O)NCC2CCCC2)n1CC(C)C. The van der Waals surface area contributed by atoms with E-state index in [-0.39, 0.29) is 18.5 Å². The molecule has 0 radical (unpaired) electrons. The van der Waals surface area contributed by atoms with Crippen molar-refractivity contribution in [2.75, 3.05) is 25.9 Å². The molecular formula is C19H34N6O2S. The van der Waals surface area contributed by atoms with E-state index in [1.54, 1.807) is 11.8 Å². The van der Waals surface area contributed by atoms with Crippen LogP contribution in [-0.2, 0) is 17.8 Å². The zero-order chi connectivity index (χ0) is 20.4. The van der Waals surface area contributed by atoms with Gasteiger partial charge in [0, 0.05) is 26.1 Å². The van der Waals surface area contributed by atoms with Gasteiger partial charge in [-0.15, -0.1) is 10.2 Å². The summed E-state index contributed by atoms with van der Waals surface area (Å²) in [6.45, 7) is 6.48. The van der Waals surface area contributed by atoms with E-state index >= 15 is 0 Å². The third kappa shape index (κ3) is 7.69. The molecule has 0 bridgehead atoms. The first-order chi connectivity index (χ1) is 13.5. The largest absolute Gasteiger partial charge is 0.355 e. The van der Waals surface area contributed by atoms with E-state index in [0.29, 0.717) is 24.9 Å². The molecule has 8 nitrogen and oxygen atoms in total. The average Bonchev–Trinajstić information content (AvgIpc) is 3.31. The van der Waals surface area contributed by atoms with Crippen molar-refractivity contribution in [2.45, 2.75) is 64.1 Å². The van der Waals surface area contributed by atoms with Crippen LogP contribution in [0, 0.1) is 11.8 Å². The summed E-state index contributed by atoms with van der Waals surface area (Å²) in [5, 5.41) is 17.8. The van der Waals surface area contributed by atoms with Gasteiger partial charge in [-0.25, -0.2) is 4.79 Å². The number of rotatable bonds is 11. The molecule has 3 amide bonds. The Kier molecular flexibility index (Phi) is 9.60. The predicted molar refractivity (Wildman–Crippen MR) is 111 cm³/mol. The lowest BCUT2D eigenvalue weighted by molar-refractivity contribution is -0.120. The van der Waals surface area contributed by atoms with Crippen LogP contribution in [0.5, 0.6) is 0 Å². The van der Waals surface area contributed by atoms with E-state index in [1.807, 2.05) is 6.26 Å². The Bertz CT molecular complexity index is 628. The van der Waals surface area contributed by atoms with Gasteiger partial charge in [0.05, 0.1) is 6.54 Å². The van der Waals surface area contributed by atoms with Gasteiger partial charge < -0.3 is 20.5 Å². The fourth-order valence-corrected chi connectivity index (χ4v) is 3.94. The maximum absolute atomic E-state index is 11.9. The average molecular weight is 411 g/mol. The second-order valence-electron chi connectivity index (χ2n) is 7.77. The van der Waals surface area contributed by atoms with E-state index in [2.05, 4.69) is 44.6 Å². The van der Waals surface area contributed by atoms with E-state index in [0.717, 1.165) is 30.4 Å². The number of hydrogen-bond acceptors (Lipinski definition) is 5. The zero-order valence-corrected chi connectivity index (χ0v) is 18.1. The summed E-state index contributed by atoms with van der Waals surface area (Å²) in [6.07, 6.45) is 8.42. The van der Waals surface area contributed by atoms with Crippen molar-refractivity contribution in [2.24, 2.45) is 11.8 Å². The summed E-state index contributed by atoms with van der Waals surface area (Å²) >= 11 is 1.60. The maximum Gasteiger partial charge on any atom is 0.315 e. The summed E-state index contributed by atoms with van der Waals surface area (Å²) in [6, 6.07) is -0.270. The number of carbonyl (C=O) groups is 2. The molecule has 1 fully saturated rings. The van der Waals surface area contributed by atoms with Crippen molar-refractivity contribution >= 4 is 23.7 Å². The molecule has 28 heavy (non-hydrogen) atoms. The molecule has 2 rings (SSSR count). The molecule has 9 heteroatoms. The van der Waals surface area contributed by atoms with Crippen LogP contribution in [-0.4, -0.2) is 52.6 Å². The van der Waals surface area contributed by atoms with Gasteiger partial charge in [-0.05, 0) is 37.4 Å². The Morgan fingerprint density at radius 1 is 1.18 bits per heavy atom. The zero-order valence-electron chi connectivity index (χ0n) is 17.3. The summed E-state index contributed by atoms with van der Waals surface area (Å²) in [7, 11) is 0. The first-order valence-corrected chi connectivity index (χ1v) is 11.5. The van der Waals surface area contributed by atoms with Crippen LogP contribution in [0.3, 0.4) is 0 Å². The van der Waals surface area contributed by atoms with Crippen molar-refractivity contribution in [3.63, 3.8) is 0 Å². The highest BCUT2D eigenvalue weighted by atomic mass is 32.2. The first kappa shape index (κ1) is 22.5. The highest BCUT2D eigenvalue weighted by molar-refractivity contribution is 7.98. The third-order valence-electron chi connectivity index (χ3n) is 4.86. The normalized spacial score (nSPS) is 14.4. The Balaban J connectivity index is 1.60. The molecule has 1 heterocycles. The quantitative estimate of drug-likeness (QED) is 0.383. The highest BCUT2D eigenvalue weighted by Gasteiger charge is 2.16. The van der Waals surface area contributed by atoms with Crippen LogP contribution in [0.25, 0.3) is 0 Å². The molecule has 1 saturated carbocycles. The van der Waals surface area contributed by atoms with E-state index < -0.39 is 0 Å². The molecule has 0 aromatic carbocycles. The lowest BCUT2D eigenvalue weighted by Gasteiger charge is -2.12. The van der Waals surface area contributed by atoms with Crippen molar-refractivity contribution in [3.8, 4) is 0 Å². The topological polar surface area (TPSA) is 101 Å². The van der Waals surface area contributed by atoms with E-state index in [1.165, 1.54) is 25.7 Å². The summed E-state index contributed by atoms with van der Waals surface area (Å²) < 4.78 is 2.16. The van der Waals surface area contributed by atoms with Crippen LogP contribution in [0.1, 0.15) is 51.8 Å². The van der Waals surface area contributed by atoms with Crippen molar-refractivity contribution in [3.05, 3.63) is 5.82 Å². The van der Waals surface area contributed by atoms with Crippen molar-refractivity contribution in [1.29, 1.82) is 0 Å². The number of nitrogens with zero attached hydrogens (tertiary/aromatic N) is 3. The maximum atomic E-state index is 11.9. The molecule has 1 aliphatic rings.